The van der Waals surface area contributed by atoms with Crippen LogP contribution in [0.4, 0.5) is 0 Å². The van der Waals surface area contributed by atoms with Crippen LogP contribution in [-0.2, 0) is 0 Å². The minimum absolute atomic E-state index is 0.00817. The molecule has 0 saturated carbocycles. The van der Waals surface area contributed by atoms with Crippen LogP contribution >= 0.6 is 0 Å². The Hall–Kier alpha value is -5.38. The number of phenols is 6. The number of rotatable bonds is 3. The van der Waals surface area contributed by atoms with Gasteiger partial charge in [0, 0.05) is 17.2 Å². The minimum Gasteiger partial charge on any atom is -0.508 e. The zero-order chi connectivity index (χ0) is 28.3. The summed E-state index contributed by atoms with van der Waals surface area (Å²) in [4.78, 5) is 25.9. The number of phenolic OH excluding ortho intramolecular Hbond substituents is 6. The number of hydrogen-bond donors (Lipinski definition) is 6. The summed E-state index contributed by atoms with van der Waals surface area (Å²) in [6.07, 6.45) is -1.92. The summed E-state index contributed by atoms with van der Waals surface area (Å²) >= 11 is 0. The standard InChI is InChI=1S/C30H22O10/c31-15-2-3-16-21(34)11-25(39-27(16)10-15)13-1-5-19(32)18(7-13)28-20(33)6-4-17-22(35)12-26(40-30(17)28)14-8-23(36)29(38)24(37)9-14/h1-10,25-26,31-33,36-38H,11-12H2/t25-,26-/m0/s1. The van der Waals surface area contributed by atoms with Crippen molar-refractivity contribution in [3.8, 4) is 57.1 Å². The van der Waals surface area contributed by atoms with Gasteiger partial charge in [0.05, 0.1) is 29.5 Å². The van der Waals surface area contributed by atoms with Crippen LogP contribution in [0.3, 0.4) is 0 Å². The van der Waals surface area contributed by atoms with E-state index in [0.29, 0.717) is 11.1 Å². The van der Waals surface area contributed by atoms with Crippen LogP contribution in [0, 0.1) is 0 Å². The second-order valence-electron chi connectivity index (χ2n) is 9.67. The van der Waals surface area contributed by atoms with Gasteiger partial charge in [-0.3, -0.25) is 9.59 Å². The number of aromatic hydroxyl groups is 6. The highest BCUT2D eigenvalue weighted by Gasteiger charge is 2.34. The molecule has 2 atom stereocenters. The highest BCUT2D eigenvalue weighted by Crippen LogP contribution is 2.50. The lowest BCUT2D eigenvalue weighted by Gasteiger charge is -2.29. The summed E-state index contributed by atoms with van der Waals surface area (Å²) in [6.45, 7) is 0. The Morgan fingerprint density at radius 3 is 1.93 bits per heavy atom. The van der Waals surface area contributed by atoms with Crippen LogP contribution in [0.15, 0.2) is 60.7 Å². The van der Waals surface area contributed by atoms with Gasteiger partial charge in [0.15, 0.2) is 28.8 Å². The first-order chi connectivity index (χ1) is 19.1. The van der Waals surface area contributed by atoms with Crippen molar-refractivity contribution < 1.29 is 49.7 Å². The first kappa shape index (κ1) is 24.9. The highest BCUT2D eigenvalue weighted by atomic mass is 16.5. The number of Topliss-reactive ketones (excluding diaryl/α,β-unsaturated/α-hetero) is 2. The summed E-state index contributed by atoms with van der Waals surface area (Å²) < 4.78 is 12.1. The summed E-state index contributed by atoms with van der Waals surface area (Å²) in [5.41, 5.74) is 1.30. The number of benzene rings is 4. The van der Waals surface area contributed by atoms with E-state index in [2.05, 4.69) is 0 Å². The Kier molecular flexibility index (Phi) is 5.69. The molecule has 202 valence electrons. The van der Waals surface area contributed by atoms with Crippen molar-refractivity contribution in [1.29, 1.82) is 0 Å². The maximum atomic E-state index is 13.1. The molecule has 40 heavy (non-hydrogen) atoms. The largest absolute Gasteiger partial charge is 0.508 e. The van der Waals surface area contributed by atoms with Crippen molar-refractivity contribution in [3.05, 3.63) is 82.9 Å². The van der Waals surface area contributed by atoms with Crippen molar-refractivity contribution in [2.24, 2.45) is 0 Å². The summed E-state index contributed by atoms with van der Waals surface area (Å²) in [6, 6.07) is 13.7. The zero-order valence-corrected chi connectivity index (χ0v) is 20.7. The fourth-order valence-electron chi connectivity index (χ4n) is 5.09. The Labute approximate surface area is 226 Å². The molecule has 4 aromatic rings. The first-order valence-corrected chi connectivity index (χ1v) is 12.3. The maximum Gasteiger partial charge on any atom is 0.200 e. The Bertz CT molecular complexity index is 1700. The van der Waals surface area contributed by atoms with Crippen molar-refractivity contribution in [2.75, 3.05) is 0 Å². The lowest BCUT2D eigenvalue weighted by molar-refractivity contribution is 0.0839. The quantitative estimate of drug-likeness (QED) is 0.193. The molecule has 2 heterocycles. The van der Waals surface area contributed by atoms with E-state index in [-0.39, 0.29) is 75.4 Å². The smallest absolute Gasteiger partial charge is 0.200 e. The van der Waals surface area contributed by atoms with E-state index < -0.39 is 29.5 Å². The third kappa shape index (κ3) is 4.06. The predicted octanol–water partition coefficient (Wildman–Crippen LogP) is 5.00. The van der Waals surface area contributed by atoms with Crippen molar-refractivity contribution >= 4 is 11.6 Å². The average Bonchev–Trinajstić information content (AvgIpc) is 2.91. The fourth-order valence-corrected chi connectivity index (χ4v) is 5.09. The highest BCUT2D eigenvalue weighted by molar-refractivity contribution is 6.04. The normalized spacial score (nSPS) is 17.9. The number of ether oxygens (including phenoxy) is 2. The molecular weight excluding hydrogens is 520 g/mol. The summed E-state index contributed by atoms with van der Waals surface area (Å²) in [5.74, 6) is -2.89. The van der Waals surface area contributed by atoms with Crippen LogP contribution in [-0.4, -0.2) is 42.2 Å². The molecular formula is C30H22O10. The minimum atomic E-state index is -0.994. The predicted molar refractivity (Wildman–Crippen MR) is 139 cm³/mol. The van der Waals surface area contributed by atoms with Crippen LogP contribution in [0.1, 0.15) is 56.9 Å². The number of carbonyl (C=O) groups excluding carboxylic acids is 2. The van der Waals surface area contributed by atoms with Crippen molar-refractivity contribution in [2.45, 2.75) is 25.0 Å². The molecule has 0 radical (unpaired) electrons. The molecule has 0 spiro atoms. The van der Waals surface area contributed by atoms with E-state index in [1.54, 1.807) is 6.07 Å². The topological polar surface area (TPSA) is 174 Å². The molecule has 6 rings (SSSR count). The SMILES string of the molecule is O=C1C[C@@H](c2ccc(O)c(-c3c(O)ccc4c3O[C@H](c3cc(O)c(O)c(O)c3)CC4=O)c2)Oc2cc(O)ccc21. The van der Waals surface area contributed by atoms with Crippen molar-refractivity contribution in [3.63, 3.8) is 0 Å². The monoisotopic (exact) mass is 542 g/mol. The van der Waals surface area contributed by atoms with Gasteiger partial charge >= 0.3 is 0 Å². The Balaban J connectivity index is 1.43. The number of hydrogen-bond acceptors (Lipinski definition) is 10. The number of carbonyl (C=O) groups is 2. The molecule has 0 saturated heterocycles. The molecule has 0 fully saturated rings. The molecule has 0 unspecified atom stereocenters. The van der Waals surface area contributed by atoms with Gasteiger partial charge in [-0.1, -0.05) is 6.07 Å². The molecule has 0 amide bonds. The number of ketones is 2. The molecule has 10 heteroatoms. The Morgan fingerprint density at radius 1 is 0.575 bits per heavy atom. The van der Waals surface area contributed by atoms with Crippen LogP contribution in [0.2, 0.25) is 0 Å². The lowest BCUT2D eigenvalue weighted by Crippen LogP contribution is -2.21. The average molecular weight is 542 g/mol. The van der Waals surface area contributed by atoms with E-state index in [4.69, 9.17) is 9.47 Å². The molecule has 2 aliphatic heterocycles. The van der Waals surface area contributed by atoms with Gasteiger partial charge in [-0.15, -0.1) is 0 Å². The van der Waals surface area contributed by atoms with E-state index in [1.807, 2.05) is 0 Å². The van der Waals surface area contributed by atoms with Gasteiger partial charge in [-0.05, 0) is 54.1 Å². The van der Waals surface area contributed by atoms with Gasteiger partial charge < -0.3 is 40.1 Å². The molecule has 4 aromatic carbocycles. The van der Waals surface area contributed by atoms with E-state index in [9.17, 15) is 40.2 Å². The molecule has 0 aliphatic carbocycles. The maximum absolute atomic E-state index is 13.1. The summed E-state index contributed by atoms with van der Waals surface area (Å²) in [5, 5.41) is 61.2. The van der Waals surface area contributed by atoms with E-state index in [1.165, 1.54) is 42.5 Å². The van der Waals surface area contributed by atoms with Crippen LogP contribution < -0.4 is 9.47 Å². The fraction of sp³-hybridized carbons (Fsp3) is 0.133. The van der Waals surface area contributed by atoms with E-state index in [0.717, 1.165) is 12.1 Å². The Morgan fingerprint density at radius 2 is 1.20 bits per heavy atom. The molecule has 6 N–H and O–H groups in total. The van der Waals surface area contributed by atoms with E-state index >= 15 is 0 Å². The van der Waals surface area contributed by atoms with Gasteiger partial charge in [-0.2, -0.15) is 0 Å². The van der Waals surface area contributed by atoms with Crippen LogP contribution in [0.5, 0.6) is 46.0 Å². The van der Waals surface area contributed by atoms with Crippen molar-refractivity contribution in [1.82, 2.24) is 0 Å². The van der Waals surface area contributed by atoms with Gasteiger partial charge in [-0.25, -0.2) is 0 Å². The third-order valence-electron chi connectivity index (χ3n) is 7.10. The number of fused-ring (bicyclic) bond motifs is 2. The molecule has 0 aromatic heterocycles. The van der Waals surface area contributed by atoms with Gasteiger partial charge in [0.1, 0.15) is 41.0 Å². The van der Waals surface area contributed by atoms with Gasteiger partial charge in [0.2, 0.25) is 0 Å². The lowest BCUT2D eigenvalue weighted by atomic mass is 9.89. The van der Waals surface area contributed by atoms with Crippen LogP contribution in [0.25, 0.3) is 11.1 Å². The molecule has 10 nitrogen and oxygen atoms in total. The molecule has 2 aliphatic rings. The zero-order valence-electron chi connectivity index (χ0n) is 20.7. The molecule has 0 bridgehead atoms. The summed E-state index contributed by atoms with van der Waals surface area (Å²) in [7, 11) is 0. The third-order valence-corrected chi connectivity index (χ3v) is 7.10. The second kappa shape index (κ2) is 9.12. The van der Waals surface area contributed by atoms with Gasteiger partial charge in [0.25, 0.3) is 0 Å². The first-order valence-electron chi connectivity index (χ1n) is 12.3. The second-order valence-corrected chi connectivity index (χ2v) is 9.67.